The molecule has 0 saturated heterocycles. The molecule has 0 saturated carbocycles. The number of rotatable bonds is 0. The molecule has 0 spiro atoms. The normalized spacial score (nSPS) is 12.0. The van der Waals surface area contributed by atoms with E-state index in [2.05, 4.69) is 79.2 Å². The summed E-state index contributed by atoms with van der Waals surface area (Å²) in [7, 11) is 12.0. The molecule has 3 aromatic carbocycles. The van der Waals surface area contributed by atoms with Crippen LogP contribution in [0.3, 0.4) is 0 Å². The van der Waals surface area contributed by atoms with E-state index in [1.165, 1.54) is 38.1 Å². The van der Waals surface area contributed by atoms with Crippen LogP contribution >= 0.6 is 17.0 Å². The minimum absolute atomic E-state index is 0.826. The summed E-state index contributed by atoms with van der Waals surface area (Å²) in [5, 5.41) is 5.42. The SMILES string of the molecule is Cc1ccc2c(c1)c1[cH-]c3ccccc3c1n2C.[C-]1=CC=CC1.[Cl][Zr+2][Cl]. The predicted octanol–water partition coefficient (Wildman–Crippen LogP) is 7.19. The van der Waals surface area contributed by atoms with Gasteiger partial charge in [0.1, 0.15) is 0 Å². The molecule has 1 aliphatic carbocycles. The third-order valence-electron chi connectivity index (χ3n) is 4.50. The van der Waals surface area contributed by atoms with Gasteiger partial charge in [-0.3, -0.25) is 6.08 Å². The van der Waals surface area contributed by atoms with Gasteiger partial charge in [-0.05, 0) is 18.5 Å². The van der Waals surface area contributed by atoms with Crippen LogP contribution in [0.5, 0.6) is 0 Å². The van der Waals surface area contributed by atoms with Crippen molar-refractivity contribution in [3.05, 3.63) is 78.4 Å². The fourth-order valence-corrected chi connectivity index (χ4v) is 3.39. The second-order valence-electron chi connectivity index (χ2n) is 6.15. The average molecular weight is 460 g/mol. The quantitative estimate of drug-likeness (QED) is 0.245. The Balaban J connectivity index is 0.000000207. The van der Waals surface area contributed by atoms with Crippen molar-refractivity contribution in [3.63, 3.8) is 0 Å². The molecule has 1 nitrogen and oxygen atoms in total. The maximum absolute atomic E-state index is 4.93. The first-order valence-corrected chi connectivity index (χ1v) is 14.7. The molecule has 0 N–H and O–H groups in total. The number of fused-ring (bicyclic) bond motifs is 5. The topological polar surface area (TPSA) is 4.93 Å². The van der Waals surface area contributed by atoms with E-state index in [1.54, 1.807) is 0 Å². The summed E-state index contributed by atoms with van der Waals surface area (Å²) in [6.45, 7) is 2.15. The van der Waals surface area contributed by atoms with Gasteiger partial charge in [-0.2, -0.15) is 6.08 Å². The van der Waals surface area contributed by atoms with Crippen LogP contribution in [-0.2, 0) is 27.9 Å². The van der Waals surface area contributed by atoms with Crippen molar-refractivity contribution in [1.29, 1.82) is 0 Å². The Morgan fingerprint density at radius 1 is 1.12 bits per heavy atom. The average Bonchev–Trinajstić information content (AvgIpc) is 3.36. The van der Waals surface area contributed by atoms with Crippen molar-refractivity contribution < 1.29 is 20.8 Å². The van der Waals surface area contributed by atoms with Crippen LogP contribution in [0, 0.1) is 13.0 Å². The first kappa shape index (κ1) is 19.6. The van der Waals surface area contributed by atoms with Gasteiger partial charge in [0.05, 0.1) is 0 Å². The monoisotopic (exact) mass is 457 g/mol. The number of nitrogens with zero attached hydrogens (tertiary/aromatic N) is 1. The van der Waals surface area contributed by atoms with Gasteiger partial charge in [0.2, 0.25) is 0 Å². The fourth-order valence-electron chi connectivity index (χ4n) is 3.39. The summed E-state index contributed by atoms with van der Waals surface area (Å²) in [5.41, 5.74) is 3.99. The summed E-state index contributed by atoms with van der Waals surface area (Å²) in [4.78, 5) is 0. The molecule has 0 radical (unpaired) electrons. The van der Waals surface area contributed by atoms with E-state index in [0.717, 1.165) is 6.42 Å². The zero-order chi connectivity index (χ0) is 18.5. The number of hydrogen-bond acceptors (Lipinski definition) is 0. The summed E-state index contributed by atoms with van der Waals surface area (Å²) in [6, 6.07) is 17.6. The Labute approximate surface area is 172 Å². The summed E-state index contributed by atoms with van der Waals surface area (Å²) in [5.74, 6) is 0. The van der Waals surface area contributed by atoms with E-state index in [9.17, 15) is 0 Å². The summed E-state index contributed by atoms with van der Waals surface area (Å²) < 4.78 is 2.31. The molecule has 1 aliphatic rings. The van der Waals surface area contributed by atoms with Gasteiger partial charge >= 0.3 is 37.9 Å². The van der Waals surface area contributed by atoms with Crippen LogP contribution in [-0.4, -0.2) is 4.57 Å². The zero-order valence-corrected chi connectivity index (χ0v) is 18.7. The van der Waals surface area contributed by atoms with Crippen LogP contribution in [0.25, 0.3) is 32.6 Å². The molecule has 4 heteroatoms. The first-order chi connectivity index (χ1) is 12.7. The van der Waals surface area contributed by atoms with Gasteiger partial charge in [0, 0.05) is 12.6 Å². The Morgan fingerprint density at radius 2 is 1.88 bits per heavy atom. The molecule has 0 bridgehead atoms. The molecule has 0 fully saturated rings. The van der Waals surface area contributed by atoms with Gasteiger partial charge in [-0.15, -0.1) is 23.9 Å². The second-order valence-corrected chi connectivity index (χ2v) is 9.88. The van der Waals surface area contributed by atoms with E-state index in [-0.39, 0.29) is 0 Å². The fraction of sp³-hybridized carbons (Fsp3) is 0.136. The number of halogens is 2. The molecule has 0 aliphatic heterocycles. The second kappa shape index (κ2) is 9.13. The van der Waals surface area contributed by atoms with E-state index in [4.69, 9.17) is 17.0 Å². The van der Waals surface area contributed by atoms with E-state index in [0.29, 0.717) is 0 Å². The number of hydrogen-bond donors (Lipinski definition) is 0. The Kier molecular flexibility index (Phi) is 6.87. The van der Waals surface area contributed by atoms with Crippen LogP contribution in [0.1, 0.15) is 12.0 Å². The van der Waals surface area contributed by atoms with Crippen molar-refractivity contribution in [2.75, 3.05) is 0 Å². The van der Waals surface area contributed by atoms with Crippen LogP contribution in [0.4, 0.5) is 0 Å². The molecule has 1 aromatic heterocycles. The standard InChI is InChI=1S/C17H14N.C5H5.2ClH.Zr/c1-11-7-8-16-14(9-11)15-10-12-5-3-4-6-13(12)17(15)18(16)2;1-2-4-5-3-1;;;/h3-10H,1-2H3;1-3H,4H2;2*1H;/q2*-1;;;+4/p-2. The third-order valence-corrected chi connectivity index (χ3v) is 4.50. The van der Waals surface area contributed by atoms with E-state index < -0.39 is 20.8 Å². The summed E-state index contributed by atoms with van der Waals surface area (Å²) >= 11 is -0.826. The number of aromatic nitrogens is 1. The molecular weight excluding hydrogens is 440 g/mol. The Bertz CT molecular complexity index is 1080. The van der Waals surface area contributed by atoms with Crippen molar-refractivity contribution >= 4 is 49.6 Å². The Hall–Kier alpha value is -1.21. The van der Waals surface area contributed by atoms with E-state index >= 15 is 0 Å². The van der Waals surface area contributed by atoms with Crippen LogP contribution < -0.4 is 0 Å². The molecule has 5 rings (SSSR count). The molecule has 4 aromatic rings. The molecule has 130 valence electrons. The number of benzene rings is 2. The molecule has 26 heavy (non-hydrogen) atoms. The molecule has 0 atom stereocenters. The van der Waals surface area contributed by atoms with Crippen molar-refractivity contribution in [2.45, 2.75) is 13.3 Å². The van der Waals surface area contributed by atoms with Gasteiger partial charge in [-0.25, -0.2) is 12.2 Å². The van der Waals surface area contributed by atoms with E-state index in [1.807, 2.05) is 12.2 Å². The van der Waals surface area contributed by atoms with Crippen molar-refractivity contribution in [1.82, 2.24) is 4.57 Å². The molecule has 1 heterocycles. The van der Waals surface area contributed by atoms with Crippen LogP contribution in [0.2, 0.25) is 0 Å². The van der Waals surface area contributed by atoms with Crippen molar-refractivity contribution in [2.24, 2.45) is 7.05 Å². The molecule has 0 unspecified atom stereocenters. The number of aryl methyl sites for hydroxylation is 2. The minimum atomic E-state index is -0.826. The zero-order valence-electron chi connectivity index (χ0n) is 14.8. The first-order valence-electron chi connectivity index (χ1n) is 8.38. The van der Waals surface area contributed by atoms with Gasteiger partial charge in [-0.1, -0.05) is 52.1 Å². The Morgan fingerprint density at radius 3 is 2.54 bits per heavy atom. The van der Waals surface area contributed by atoms with Gasteiger partial charge in [0.15, 0.2) is 0 Å². The van der Waals surface area contributed by atoms with Gasteiger partial charge in [0.25, 0.3) is 0 Å². The van der Waals surface area contributed by atoms with Crippen molar-refractivity contribution in [3.8, 4) is 0 Å². The summed E-state index contributed by atoms with van der Waals surface area (Å²) in [6.07, 6.45) is 10.0. The maximum atomic E-state index is 4.93. The third kappa shape index (κ3) is 4.04. The molecular formula is C22H19Cl2NZr. The molecule has 0 amide bonds. The number of allylic oxidation sites excluding steroid dienone is 4. The van der Waals surface area contributed by atoms with Crippen LogP contribution in [0.15, 0.2) is 66.8 Å². The van der Waals surface area contributed by atoms with Gasteiger partial charge < -0.3 is 4.57 Å². The predicted molar refractivity (Wildman–Crippen MR) is 112 cm³/mol.